The average Bonchev–Trinajstić information content (AvgIpc) is 2.02. The second-order valence-corrected chi connectivity index (χ2v) is 3.38. The van der Waals surface area contributed by atoms with Crippen LogP contribution in [0.5, 0.6) is 0 Å². The van der Waals surface area contributed by atoms with Gasteiger partial charge in [-0.05, 0) is 20.3 Å². The van der Waals surface area contributed by atoms with Gasteiger partial charge in [-0.15, -0.1) is 0 Å². The highest BCUT2D eigenvalue weighted by molar-refractivity contribution is 5.78. The summed E-state index contributed by atoms with van der Waals surface area (Å²) >= 11 is 0. The van der Waals surface area contributed by atoms with Crippen molar-refractivity contribution in [1.82, 2.24) is 0 Å². The zero-order valence-corrected chi connectivity index (χ0v) is 8.53. The monoisotopic (exact) mass is 215 g/mol. The summed E-state index contributed by atoms with van der Waals surface area (Å²) < 4.78 is 0. The quantitative estimate of drug-likeness (QED) is 0.358. The molecule has 1 unspecified atom stereocenters. The van der Waals surface area contributed by atoms with E-state index in [1.54, 1.807) is 19.1 Å². The molecule has 0 aromatic rings. The van der Waals surface area contributed by atoms with Crippen LogP contribution in [-0.2, 0) is 4.79 Å². The van der Waals surface area contributed by atoms with Crippen molar-refractivity contribution in [2.45, 2.75) is 33.2 Å². The number of hydrogen-bond acceptors (Lipinski definition) is 3. The first kappa shape index (κ1) is 16.1. The minimum Gasteiger partial charge on any atom is -0.480 e. The molecular formula is C10H21N3O2. The van der Waals surface area contributed by atoms with E-state index in [0.717, 1.165) is 0 Å². The Morgan fingerprint density at radius 3 is 2.47 bits per heavy atom. The summed E-state index contributed by atoms with van der Waals surface area (Å²) in [4.78, 5) is 14.5. The second kappa shape index (κ2) is 7.00. The van der Waals surface area contributed by atoms with E-state index in [1.165, 1.54) is 6.92 Å². The lowest BCUT2D eigenvalue weighted by atomic mass is 10.00. The second-order valence-electron chi connectivity index (χ2n) is 3.38. The zero-order valence-electron chi connectivity index (χ0n) is 8.53. The molecule has 0 saturated carbocycles. The van der Waals surface area contributed by atoms with Crippen LogP contribution in [0.25, 0.3) is 0 Å². The number of carbonyl (C=O) groups is 1. The molecule has 0 aromatic heterocycles. The number of carboxylic acids is 1. The topological polar surface area (TPSA) is 102 Å². The standard InChI is InChI=1S/C9H17N3O2.CH4/c1-7(10)12-6-4-3-5-9(2,11)8(13)14;/h3-4H,5-6,11H2,1-2H3,(H2,10,12)(H,13,14);1H4/b4-3+;. The van der Waals surface area contributed by atoms with Gasteiger partial charge in [0.05, 0.1) is 12.4 Å². The maximum atomic E-state index is 10.6. The number of amidine groups is 1. The zero-order chi connectivity index (χ0) is 11.2. The molecule has 0 aliphatic rings. The molecule has 5 heteroatoms. The van der Waals surface area contributed by atoms with Crippen molar-refractivity contribution < 1.29 is 9.90 Å². The van der Waals surface area contributed by atoms with Gasteiger partial charge in [-0.25, -0.2) is 0 Å². The Morgan fingerprint density at radius 1 is 1.53 bits per heavy atom. The fourth-order valence-corrected chi connectivity index (χ4v) is 0.687. The molecule has 0 saturated heterocycles. The van der Waals surface area contributed by atoms with Crippen LogP contribution in [0.1, 0.15) is 27.7 Å². The van der Waals surface area contributed by atoms with E-state index in [1.807, 2.05) is 0 Å². The molecule has 5 N–H and O–H groups in total. The lowest BCUT2D eigenvalue weighted by Gasteiger charge is -2.15. The van der Waals surface area contributed by atoms with Gasteiger partial charge in [-0.2, -0.15) is 0 Å². The first-order valence-electron chi connectivity index (χ1n) is 4.30. The normalized spacial score (nSPS) is 15.8. The number of nitrogens with zero attached hydrogens (tertiary/aromatic N) is 1. The van der Waals surface area contributed by atoms with Crippen LogP contribution in [0, 0.1) is 0 Å². The number of aliphatic carboxylic acids is 1. The lowest BCUT2D eigenvalue weighted by molar-refractivity contribution is -0.142. The van der Waals surface area contributed by atoms with E-state index in [0.29, 0.717) is 12.4 Å². The molecule has 88 valence electrons. The maximum absolute atomic E-state index is 10.6. The van der Waals surface area contributed by atoms with Gasteiger partial charge in [0, 0.05) is 0 Å². The summed E-state index contributed by atoms with van der Waals surface area (Å²) in [6.07, 6.45) is 3.71. The molecule has 1 atom stereocenters. The summed E-state index contributed by atoms with van der Waals surface area (Å²) in [7, 11) is 0. The van der Waals surface area contributed by atoms with Gasteiger partial charge >= 0.3 is 5.97 Å². The minimum atomic E-state index is -1.21. The largest absolute Gasteiger partial charge is 0.480 e. The van der Waals surface area contributed by atoms with Gasteiger partial charge in [0.1, 0.15) is 5.54 Å². The molecule has 0 aliphatic carbocycles. The van der Waals surface area contributed by atoms with Crippen LogP contribution in [0.3, 0.4) is 0 Å². The van der Waals surface area contributed by atoms with Crippen molar-refractivity contribution in [3.8, 4) is 0 Å². The molecule has 0 aliphatic heterocycles. The number of carboxylic acid groups (broad SMARTS) is 1. The van der Waals surface area contributed by atoms with Gasteiger partial charge in [0.2, 0.25) is 0 Å². The molecular weight excluding hydrogens is 194 g/mol. The Morgan fingerprint density at radius 2 is 2.07 bits per heavy atom. The summed E-state index contributed by atoms with van der Waals surface area (Å²) in [5.74, 6) is -0.510. The highest BCUT2D eigenvalue weighted by atomic mass is 16.4. The third-order valence-corrected chi connectivity index (χ3v) is 1.64. The molecule has 0 radical (unpaired) electrons. The van der Waals surface area contributed by atoms with Crippen molar-refractivity contribution in [1.29, 1.82) is 0 Å². The molecule has 0 aromatic carbocycles. The Kier molecular flexibility index (Phi) is 7.51. The highest BCUT2D eigenvalue weighted by Gasteiger charge is 2.25. The number of nitrogens with two attached hydrogens (primary N) is 2. The smallest absolute Gasteiger partial charge is 0.323 e. The van der Waals surface area contributed by atoms with Crippen LogP contribution < -0.4 is 11.5 Å². The van der Waals surface area contributed by atoms with Crippen molar-refractivity contribution >= 4 is 11.8 Å². The van der Waals surface area contributed by atoms with E-state index in [9.17, 15) is 4.79 Å². The van der Waals surface area contributed by atoms with Crippen molar-refractivity contribution in [3.63, 3.8) is 0 Å². The van der Waals surface area contributed by atoms with Gasteiger partial charge < -0.3 is 16.6 Å². The third kappa shape index (κ3) is 7.69. The first-order valence-corrected chi connectivity index (χ1v) is 4.30. The molecule has 15 heavy (non-hydrogen) atoms. The molecule has 0 bridgehead atoms. The predicted molar refractivity (Wildman–Crippen MR) is 62.9 cm³/mol. The Balaban J connectivity index is 0. The summed E-state index contributed by atoms with van der Waals surface area (Å²) in [5.41, 5.74) is 9.59. The van der Waals surface area contributed by atoms with E-state index in [2.05, 4.69) is 4.99 Å². The van der Waals surface area contributed by atoms with Crippen molar-refractivity contribution in [2.75, 3.05) is 6.54 Å². The molecule has 0 spiro atoms. The van der Waals surface area contributed by atoms with Crippen LogP contribution in [0.4, 0.5) is 0 Å². The fraction of sp³-hybridized carbons (Fsp3) is 0.600. The summed E-state index contributed by atoms with van der Waals surface area (Å²) in [5, 5.41) is 8.68. The van der Waals surface area contributed by atoms with E-state index >= 15 is 0 Å². The SMILES string of the molecule is C.CC(N)=NC/C=C/CC(C)(N)C(=O)O. The highest BCUT2D eigenvalue weighted by Crippen LogP contribution is 2.06. The minimum absolute atomic E-state index is 0. The van der Waals surface area contributed by atoms with Gasteiger partial charge in [0.25, 0.3) is 0 Å². The van der Waals surface area contributed by atoms with E-state index in [4.69, 9.17) is 16.6 Å². The van der Waals surface area contributed by atoms with Crippen LogP contribution in [0.2, 0.25) is 0 Å². The van der Waals surface area contributed by atoms with Gasteiger partial charge in [-0.1, -0.05) is 19.6 Å². The van der Waals surface area contributed by atoms with Crippen molar-refractivity contribution in [3.05, 3.63) is 12.2 Å². The number of rotatable bonds is 5. The number of aliphatic imine (C=N–C) groups is 1. The van der Waals surface area contributed by atoms with E-state index in [-0.39, 0.29) is 13.8 Å². The Hall–Kier alpha value is -1.36. The van der Waals surface area contributed by atoms with Crippen LogP contribution in [0.15, 0.2) is 17.1 Å². The third-order valence-electron chi connectivity index (χ3n) is 1.64. The summed E-state index contributed by atoms with van der Waals surface area (Å²) in [6.45, 7) is 3.62. The Labute approximate surface area is 90.9 Å². The average molecular weight is 215 g/mol. The van der Waals surface area contributed by atoms with Crippen LogP contribution >= 0.6 is 0 Å². The molecule has 0 heterocycles. The van der Waals surface area contributed by atoms with Gasteiger partial charge in [0.15, 0.2) is 0 Å². The first-order chi connectivity index (χ1) is 6.36. The molecule has 0 fully saturated rings. The van der Waals surface area contributed by atoms with E-state index < -0.39 is 11.5 Å². The Bertz CT molecular complexity index is 253. The predicted octanol–water partition coefficient (Wildman–Crippen LogP) is 0.748. The van der Waals surface area contributed by atoms with Crippen molar-refractivity contribution in [2.24, 2.45) is 16.5 Å². The molecule has 0 amide bonds. The maximum Gasteiger partial charge on any atom is 0.323 e. The number of hydrogen-bond donors (Lipinski definition) is 3. The molecule has 5 nitrogen and oxygen atoms in total. The summed E-state index contributed by atoms with van der Waals surface area (Å²) in [6, 6.07) is 0. The van der Waals surface area contributed by atoms with Crippen LogP contribution in [-0.4, -0.2) is 29.0 Å². The lowest BCUT2D eigenvalue weighted by Crippen LogP contribution is -2.44. The molecule has 0 rings (SSSR count). The fourth-order valence-electron chi connectivity index (χ4n) is 0.687. The van der Waals surface area contributed by atoms with Gasteiger partial charge in [-0.3, -0.25) is 9.79 Å².